The first-order valence-electron chi connectivity index (χ1n) is 27.2. The molecule has 0 N–H and O–H groups in total. The SMILES string of the molecule is CC(C)c1cccc(C(C)C)c1N1[B]N(c2c(C(C)C)cccc2C(C)C)C=C1.CCCCC.Cc1cc(C(c2ccccc2)c2ccccc2)c([N]([Ge])[Si](C)(C)C)c(C(c2ccccc2)c2ccccc2)c1. The summed E-state index contributed by atoms with van der Waals surface area (Å²) in [7, 11) is 0.520. The third-order valence-electron chi connectivity index (χ3n) is 13.9. The van der Waals surface area contributed by atoms with E-state index >= 15 is 0 Å². The van der Waals surface area contributed by atoms with E-state index in [-0.39, 0.29) is 11.8 Å². The Balaban J connectivity index is 0.000000226. The Morgan fingerprint density at radius 2 is 0.726 bits per heavy atom. The van der Waals surface area contributed by atoms with Gasteiger partial charge >= 0.3 is 253 Å². The van der Waals surface area contributed by atoms with Gasteiger partial charge in [-0.05, 0) is 45.9 Å². The Kier molecular flexibility index (Phi) is 20.7. The molecule has 0 fully saturated rings. The summed E-state index contributed by atoms with van der Waals surface area (Å²) in [6.45, 7) is 32.3. The Labute approximate surface area is 454 Å². The zero-order valence-corrected chi connectivity index (χ0v) is 49.9. The van der Waals surface area contributed by atoms with E-state index in [2.05, 4.69) is 315 Å². The summed E-state index contributed by atoms with van der Waals surface area (Å²) in [5.74, 6) is 2.18. The molecule has 0 unspecified atom stereocenters. The number of rotatable bonds is 16. The summed E-state index contributed by atoms with van der Waals surface area (Å²) in [4.78, 5) is 4.65. The standard InChI is InChI=1S/C36H36GeNSi.C26H36BN2.C5H12/c1-27-25-32(34(28-17-9-5-10-18-28)29-19-11-6-12-20-29)36(38(37)39(2,3)4)33(26-27)35(30-21-13-7-14-22-30)31-23-15-8-16-24-31;1-17(2)21-11-9-12-22(18(3)4)25(21)28-15-16-29(27-28)26-23(19(5)6)13-10-14-24(26)20(7)8;1-3-5-4-2/h5-26,34-35H,1-4H3;9-20H,1-8H3;3-5H2,1-2H3. The molecule has 7 aromatic rings. The second-order valence-electron chi connectivity index (χ2n) is 22.1. The molecule has 0 amide bonds. The number of para-hydroxylation sites is 2. The van der Waals surface area contributed by atoms with E-state index in [1.165, 1.54) is 97.5 Å². The van der Waals surface area contributed by atoms with Crippen molar-refractivity contribution in [2.45, 2.75) is 151 Å². The van der Waals surface area contributed by atoms with E-state index in [9.17, 15) is 0 Å². The molecule has 1 heterocycles. The zero-order valence-electron chi connectivity index (χ0n) is 46.8. The van der Waals surface area contributed by atoms with Crippen molar-refractivity contribution in [3.8, 4) is 0 Å². The first-order valence-corrected chi connectivity index (χ1v) is 31.6. The van der Waals surface area contributed by atoms with Crippen LogP contribution < -0.4 is 13.1 Å². The quantitative estimate of drug-likeness (QED) is 0.0705. The van der Waals surface area contributed by atoms with Crippen molar-refractivity contribution in [3.05, 3.63) is 243 Å². The molecular weight excluding hydrogens is 958 g/mol. The second kappa shape index (κ2) is 26.6. The van der Waals surface area contributed by atoms with Gasteiger partial charge in [0.2, 0.25) is 0 Å². The van der Waals surface area contributed by atoms with Gasteiger partial charge in [-0.1, -0.05) is 125 Å². The van der Waals surface area contributed by atoms with Gasteiger partial charge in [0, 0.05) is 23.8 Å². The topological polar surface area (TPSA) is 9.72 Å². The van der Waals surface area contributed by atoms with Crippen molar-refractivity contribution in [1.82, 2.24) is 0 Å². The van der Waals surface area contributed by atoms with Crippen LogP contribution in [0.25, 0.3) is 0 Å². The van der Waals surface area contributed by atoms with Gasteiger partial charge < -0.3 is 9.62 Å². The van der Waals surface area contributed by atoms with Crippen LogP contribution in [-0.2, 0) is 0 Å². The number of unbranched alkanes of at least 4 members (excludes halogenated alkanes) is 2. The third kappa shape index (κ3) is 14.2. The Morgan fingerprint density at radius 1 is 0.438 bits per heavy atom. The van der Waals surface area contributed by atoms with E-state index in [0.29, 0.717) is 23.7 Å². The summed E-state index contributed by atoms with van der Waals surface area (Å²) in [6, 6.07) is 62.4. The zero-order chi connectivity index (χ0) is 52.8. The predicted molar refractivity (Wildman–Crippen MR) is 325 cm³/mol. The average Bonchev–Trinajstić information content (AvgIpc) is 3.87. The molecule has 0 aromatic heterocycles. The molecule has 73 heavy (non-hydrogen) atoms. The van der Waals surface area contributed by atoms with Gasteiger partial charge in [-0.15, -0.1) is 0 Å². The van der Waals surface area contributed by atoms with Crippen LogP contribution in [0.5, 0.6) is 0 Å². The van der Waals surface area contributed by atoms with Gasteiger partial charge in [-0.25, -0.2) is 0 Å². The molecule has 0 bridgehead atoms. The predicted octanol–water partition coefficient (Wildman–Crippen LogP) is 18.8. The average molecular weight is 1040 g/mol. The number of benzene rings is 7. The summed E-state index contributed by atoms with van der Waals surface area (Å²) < 4.78 is 2.63. The molecule has 7 aromatic carbocycles. The molecule has 0 saturated carbocycles. The fourth-order valence-corrected chi connectivity index (χ4v) is 11.6. The molecule has 1 aliphatic heterocycles. The van der Waals surface area contributed by atoms with Crippen molar-refractivity contribution in [2.75, 3.05) is 13.1 Å². The monoisotopic (exact) mass is 1040 g/mol. The van der Waals surface area contributed by atoms with Crippen LogP contribution in [-0.4, -0.2) is 32.5 Å². The summed E-state index contributed by atoms with van der Waals surface area (Å²) in [5.41, 5.74) is 19.0. The van der Waals surface area contributed by atoms with Crippen LogP contribution in [0.1, 0.15) is 185 Å². The van der Waals surface area contributed by atoms with Crippen molar-refractivity contribution >= 4 is 49.6 Å². The molecule has 378 valence electrons. The molecule has 0 saturated heterocycles. The maximum atomic E-state index is 2.63. The summed E-state index contributed by atoms with van der Waals surface area (Å²) >= 11 is 2.32. The van der Waals surface area contributed by atoms with Crippen LogP contribution in [0.3, 0.4) is 0 Å². The summed E-state index contributed by atoms with van der Waals surface area (Å²) in [5, 5.41) is 0. The summed E-state index contributed by atoms with van der Waals surface area (Å²) in [6.07, 6.45) is 8.51. The Hall–Kier alpha value is -5.50. The fraction of sp³-hybridized carbons (Fsp3) is 0.343. The van der Waals surface area contributed by atoms with Gasteiger partial charge in [0.25, 0.3) is 0 Å². The molecule has 0 atom stereocenters. The minimum absolute atomic E-state index is 0.132. The molecule has 3 nitrogen and oxygen atoms in total. The van der Waals surface area contributed by atoms with Crippen LogP contribution in [0.4, 0.5) is 17.1 Å². The van der Waals surface area contributed by atoms with Crippen molar-refractivity contribution in [1.29, 1.82) is 0 Å². The Bertz CT molecular complexity index is 2490. The third-order valence-corrected chi connectivity index (χ3v) is 20.2. The van der Waals surface area contributed by atoms with Crippen LogP contribution >= 0.6 is 0 Å². The molecule has 1 aliphatic rings. The minimum atomic E-state index is -1.74. The van der Waals surface area contributed by atoms with Crippen molar-refractivity contribution < 1.29 is 0 Å². The van der Waals surface area contributed by atoms with E-state index in [0.717, 1.165) is 0 Å². The normalized spacial score (nSPS) is 12.4. The number of nitrogens with zero attached hydrogens (tertiary/aromatic N) is 3. The van der Waals surface area contributed by atoms with Crippen LogP contribution in [0, 0.1) is 6.92 Å². The van der Waals surface area contributed by atoms with E-state index in [1.54, 1.807) is 0 Å². The van der Waals surface area contributed by atoms with Crippen molar-refractivity contribution in [3.63, 3.8) is 0 Å². The first kappa shape index (κ1) is 56.8. The van der Waals surface area contributed by atoms with E-state index < -0.39 is 8.24 Å². The first-order chi connectivity index (χ1) is 35.0. The van der Waals surface area contributed by atoms with Crippen LogP contribution in [0.2, 0.25) is 19.6 Å². The number of hydrogen-bond donors (Lipinski definition) is 0. The molecule has 0 aliphatic carbocycles. The fourth-order valence-electron chi connectivity index (χ4n) is 10.1. The molecule has 6 heteroatoms. The molecule has 4 radical (unpaired) electrons. The van der Waals surface area contributed by atoms with Gasteiger partial charge in [-0.2, -0.15) is 0 Å². The Morgan fingerprint density at radius 3 is 0.959 bits per heavy atom. The molecular formula is C67H84BGeN3Si. The van der Waals surface area contributed by atoms with Crippen LogP contribution in [0.15, 0.2) is 182 Å². The molecule has 8 rings (SSSR count). The van der Waals surface area contributed by atoms with Gasteiger partial charge in [0.1, 0.15) is 0 Å². The number of hydrogen-bond acceptors (Lipinski definition) is 3. The molecule has 0 spiro atoms. The van der Waals surface area contributed by atoms with E-state index in [4.69, 9.17) is 0 Å². The maximum absolute atomic E-state index is 2.63. The number of anilines is 3. The van der Waals surface area contributed by atoms with E-state index in [1.807, 2.05) is 0 Å². The second-order valence-corrected chi connectivity index (χ2v) is 28.7. The number of aryl methyl sites for hydroxylation is 1. The van der Waals surface area contributed by atoms with Gasteiger partial charge in [0.05, 0.1) is 0 Å². The van der Waals surface area contributed by atoms with Gasteiger partial charge in [0.15, 0.2) is 0 Å². The van der Waals surface area contributed by atoms with Gasteiger partial charge in [-0.3, -0.25) is 0 Å². The van der Waals surface area contributed by atoms with Crippen molar-refractivity contribution in [2.24, 2.45) is 0 Å².